The Morgan fingerprint density at radius 3 is 2.00 bits per heavy atom. The van der Waals surface area contributed by atoms with Crippen molar-refractivity contribution >= 4 is 5.91 Å². The first-order valence-corrected chi connectivity index (χ1v) is 6.31. The molecule has 0 bridgehead atoms. The second-order valence-electron chi connectivity index (χ2n) is 2.90. The molecule has 1 N–H and O–H groups in total. The van der Waals surface area contributed by atoms with Gasteiger partial charge in [0.15, 0.2) is 0 Å². The lowest BCUT2D eigenvalue weighted by Gasteiger charge is -2.09. The third kappa shape index (κ3) is 12.6. The van der Waals surface area contributed by atoms with Crippen LogP contribution in [0.1, 0.15) is 41.0 Å². The average molecular weight is 239 g/mol. The van der Waals surface area contributed by atoms with Crippen molar-refractivity contribution in [2.24, 2.45) is 5.92 Å². The van der Waals surface area contributed by atoms with E-state index in [1.165, 1.54) is 0 Å². The Morgan fingerprint density at radius 1 is 1.24 bits per heavy atom. The summed E-state index contributed by atoms with van der Waals surface area (Å²) >= 11 is 0. The van der Waals surface area contributed by atoms with Crippen molar-refractivity contribution < 1.29 is 4.79 Å². The molecule has 0 aliphatic carbocycles. The molecule has 100 valence electrons. The number of hydrogen-bond donors (Lipinski definition) is 1. The van der Waals surface area contributed by atoms with Gasteiger partial charge in [-0.05, 0) is 12.0 Å². The number of allylic oxidation sites excluding steroid dienone is 4. The summed E-state index contributed by atoms with van der Waals surface area (Å²) in [6.45, 7) is 17.2. The van der Waals surface area contributed by atoms with E-state index in [0.29, 0.717) is 6.42 Å². The summed E-state index contributed by atoms with van der Waals surface area (Å²) in [5.74, 6) is 0.0333. The molecule has 0 spiro atoms. The zero-order valence-electron chi connectivity index (χ0n) is 12.3. The molecule has 1 atom stereocenters. The molecule has 0 unspecified atom stereocenters. The summed E-state index contributed by atoms with van der Waals surface area (Å²) in [6, 6.07) is 0. The second kappa shape index (κ2) is 17.1. The van der Waals surface area contributed by atoms with E-state index in [9.17, 15) is 4.79 Å². The Kier molecular flexibility index (Phi) is 21.1. The minimum Gasteiger partial charge on any atom is -0.359 e. The van der Waals surface area contributed by atoms with Crippen molar-refractivity contribution in [2.45, 2.75) is 41.0 Å². The van der Waals surface area contributed by atoms with E-state index in [4.69, 9.17) is 0 Å². The normalized spacial score (nSPS) is 10.8. The molecule has 0 saturated heterocycles. The Labute approximate surface area is 108 Å². The molecule has 1 amide bonds. The number of carbonyl (C=O) groups is 1. The molecular formula is C15H29NO. The molecule has 0 fully saturated rings. The Balaban J connectivity index is -0.000000439. The highest BCUT2D eigenvalue weighted by Crippen LogP contribution is 2.12. The molecule has 0 rings (SSSR count). The Bertz CT molecular complexity index is 229. The largest absolute Gasteiger partial charge is 0.359 e. The number of nitrogens with one attached hydrogen (secondary N) is 1. The average Bonchev–Trinajstić information content (AvgIpc) is 2.41. The third-order valence-electron chi connectivity index (χ3n) is 1.83. The summed E-state index contributed by atoms with van der Waals surface area (Å²) in [4.78, 5) is 11.2. The van der Waals surface area contributed by atoms with Gasteiger partial charge in [0.2, 0.25) is 5.91 Å². The molecule has 0 radical (unpaired) electrons. The minimum atomic E-state index is -0.0193. The van der Waals surface area contributed by atoms with Crippen LogP contribution in [0, 0.1) is 5.92 Å². The summed E-state index contributed by atoms with van der Waals surface area (Å²) < 4.78 is 0. The number of amides is 1. The van der Waals surface area contributed by atoms with Gasteiger partial charge in [-0.15, -0.1) is 0 Å². The zero-order valence-corrected chi connectivity index (χ0v) is 12.3. The van der Waals surface area contributed by atoms with Gasteiger partial charge in [0.05, 0.1) is 0 Å². The smallest absolute Gasteiger partial charge is 0.222 e. The molecule has 0 aromatic carbocycles. The molecule has 17 heavy (non-hydrogen) atoms. The van der Waals surface area contributed by atoms with E-state index in [-0.39, 0.29) is 11.8 Å². The summed E-state index contributed by atoms with van der Waals surface area (Å²) in [7, 11) is 1.64. The molecule has 0 saturated carbocycles. The highest BCUT2D eigenvalue weighted by Gasteiger charge is 2.10. The number of carbonyl (C=O) groups excluding carboxylic acids is 1. The second-order valence-corrected chi connectivity index (χ2v) is 2.90. The molecule has 0 aromatic heterocycles. The van der Waals surface area contributed by atoms with Gasteiger partial charge < -0.3 is 5.32 Å². The van der Waals surface area contributed by atoms with Crippen LogP contribution >= 0.6 is 0 Å². The van der Waals surface area contributed by atoms with Crippen LogP contribution in [0.5, 0.6) is 0 Å². The van der Waals surface area contributed by atoms with Crippen molar-refractivity contribution in [3.63, 3.8) is 0 Å². The highest BCUT2D eigenvalue weighted by molar-refractivity contribution is 5.78. The van der Waals surface area contributed by atoms with E-state index < -0.39 is 0 Å². The molecule has 2 heteroatoms. The first-order valence-electron chi connectivity index (χ1n) is 6.31. The van der Waals surface area contributed by atoms with Crippen LogP contribution in [0.15, 0.2) is 37.0 Å². The Hall–Kier alpha value is -1.31. The van der Waals surface area contributed by atoms with Gasteiger partial charge in [0.1, 0.15) is 0 Å². The van der Waals surface area contributed by atoms with Crippen LogP contribution in [-0.2, 0) is 4.79 Å². The van der Waals surface area contributed by atoms with E-state index in [2.05, 4.69) is 18.5 Å². The monoisotopic (exact) mass is 239 g/mol. The minimum absolute atomic E-state index is 0.0193. The van der Waals surface area contributed by atoms with E-state index in [0.717, 1.165) is 5.57 Å². The predicted octanol–water partition coefficient (Wildman–Crippen LogP) is 4.11. The zero-order chi connectivity index (χ0) is 14.3. The fourth-order valence-corrected chi connectivity index (χ4v) is 1.06. The highest BCUT2D eigenvalue weighted by atomic mass is 16.1. The van der Waals surface area contributed by atoms with Gasteiger partial charge in [0.25, 0.3) is 0 Å². The van der Waals surface area contributed by atoms with E-state index >= 15 is 0 Å². The van der Waals surface area contributed by atoms with Gasteiger partial charge in [-0.2, -0.15) is 0 Å². The van der Waals surface area contributed by atoms with Crippen LogP contribution < -0.4 is 5.32 Å². The lowest BCUT2D eigenvalue weighted by Crippen LogP contribution is -2.25. The van der Waals surface area contributed by atoms with Crippen LogP contribution in [0.4, 0.5) is 0 Å². The van der Waals surface area contributed by atoms with Crippen molar-refractivity contribution in [2.75, 3.05) is 7.05 Å². The quantitative estimate of drug-likeness (QED) is 0.719. The first kappa shape index (κ1) is 21.0. The molecule has 0 aliphatic heterocycles. The fraction of sp³-hybridized carbons (Fsp3) is 0.533. The van der Waals surface area contributed by atoms with Crippen LogP contribution in [0.25, 0.3) is 0 Å². The van der Waals surface area contributed by atoms with Crippen molar-refractivity contribution in [1.82, 2.24) is 5.32 Å². The first-order chi connectivity index (χ1) is 8.15. The van der Waals surface area contributed by atoms with Crippen molar-refractivity contribution in [3.8, 4) is 0 Å². The van der Waals surface area contributed by atoms with Crippen LogP contribution in [0.2, 0.25) is 0 Å². The molecule has 2 nitrogen and oxygen atoms in total. The van der Waals surface area contributed by atoms with Crippen LogP contribution in [0.3, 0.4) is 0 Å². The van der Waals surface area contributed by atoms with Gasteiger partial charge in [-0.1, -0.05) is 66.0 Å². The molecule has 0 aliphatic rings. The van der Waals surface area contributed by atoms with Gasteiger partial charge >= 0.3 is 0 Å². The number of rotatable bonds is 5. The molecule has 0 aromatic rings. The van der Waals surface area contributed by atoms with Gasteiger partial charge in [-0.25, -0.2) is 0 Å². The summed E-state index contributed by atoms with van der Waals surface area (Å²) in [5, 5.41) is 2.61. The molecule has 0 heterocycles. The summed E-state index contributed by atoms with van der Waals surface area (Å²) in [6.07, 6.45) is 6.02. The molecular weight excluding hydrogens is 210 g/mol. The number of hydrogen-bond acceptors (Lipinski definition) is 1. The lowest BCUT2D eigenvalue weighted by molar-refractivity contribution is -0.123. The van der Waals surface area contributed by atoms with Gasteiger partial charge in [0, 0.05) is 13.0 Å². The third-order valence-corrected chi connectivity index (χ3v) is 1.83. The topological polar surface area (TPSA) is 29.1 Å². The maximum Gasteiger partial charge on any atom is 0.222 e. The standard InChI is InChI=1S/C11H17NO.2C2H6/c1-5-7-10(6-2)8-9(3)11(13)12-4;2*1-2/h5-7,9H,1-2,8H2,3-4H3,(H,12,13);2*1-2H3/b10-7+;;/t9-;;/m0../s1. The SMILES string of the molecule is C=C/C=C(\C=C)C[C@H](C)C(=O)NC.CC.CC. The van der Waals surface area contributed by atoms with Crippen molar-refractivity contribution in [3.05, 3.63) is 37.0 Å². The summed E-state index contributed by atoms with van der Waals surface area (Å²) in [5.41, 5.74) is 1.03. The van der Waals surface area contributed by atoms with E-state index in [1.54, 1.807) is 19.2 Å². The van der Waals surface area contributed by atoms with Crippen molar-refractivity contribution in [1.29, 1.82) is 0 Å². The maximum absolute atomic E-state index is 11.2. The lowest BCUT2D eigenvalue weighted by atomic mass is 10.00. The fourth-order valence-electron chi connectivity index (χ4n) is 1.06. The maximum atomic E-state index is 11.2. The van der Waals surface area contributed by atoms with Crippen LogP contribution in [-0.4, -0.2) is 13.0 Å². The Morgan fingerprint density at radius 2 is 1.71 bits per heavy atom. The predicted molar refractivity (Wildman–Crippen MR) is 79.0 cm³/mol. The van der Waals surface area contributed by atoms with Gasteiger partial charge in [-0.3, -0.25) is 4.79 Å². The van der Waals surface area contributed by atoms with E-state index in [1.807, 2.05) is 40.7 Å².